The molecule has 0 aliphatic carbocycles. The lowest BCUT2D eigenvalue weighted by Gasteiger charge is -2.17. The first kappa shape index (κ1) is 7.53. The third kappa shape index (κ3) is 3.14. The molecule has 0 heterocycles. The molecule has 1 atom stereocenters. The molecule has 1 unspecified atom stereocenters. The maximum atomic E-state index is 10.6. The van der Waals surface area contributed by atoms with Crippen LogP contribution >= 0.6 is 0 Å². The van der Waals surface area contributed by atoms with E-state index in [0.717, 1.165) is 0 Å². The largest absolute Gasteiger partial charge is 0.632 e. The topological polar surface area (TPSA) is 23.1 Å². The van der Waals surface area contributed by atoms with E-state index in [9.17, 15) is 4.55 Å². The third-order valence-electron chi connectivity index (χ3n) is 0.862. The summed E-state index contributed by atoms with van der Waals surface area (Å²) in [6, 6.07) is 0. The highest BCUT2D eigenvalue weighted by molar-refractivity contribution is 8.21. The van der Waals surface area contributed by atoms with Crippen molar-refractivity contribution in [2.45, 2.75) is 19.6 Å². The smallest absolute Gasteiger partial charge is 0.284 e. The molecule has 3 heteroatoms. The van der Waals surface area contributed by atoms with E-state index < -0.39 is 17.8 Å². The van der Waals surface area contributed by atoms with Crippen molar-refractivity contribution < 1.29 is 4.55 Å². The van der Waals surface area contributed by atoms with Gasteiger partial charge in [0.05, 0.1) is 6.26 Å². The Balaban J connectivity index is 3.54. The molecule has 0 aliphatic rings. The predicted molar refractivity (Wildman–Crippen MR) is 37.4 cm³/mol. The predicted octanol–water partition coefficient (Wildman–Crippen LogP) is 1.20. The zero-order chi connectivity index (χ0) is 6.08. The van der Waals surface area contributed by atoms with Gasteiger partial charge in [-0.2, -0.15) is 0 Å². The Morgan fingerprint density at radius 1 is 1.29 bits per heavy atom. The van der Waals surface area contributed by atoms with Gasteiger partial charge in [0.25, 0.3) is 7.22 Å². The quantitative estimate of drug-likeness (QED) is 0.392. The molecule has 0 bridgehead atoms. The van der Waals surface area contributed by atoms with Crippen molar-refractivity contribution in [3.63, 3.8) is 0 Å². The fraction of sp³-hybridized carbons (Fsp3) is 1.00. The maximum absolute atomic E-state index is 10.6. The Bertz CT molecular complexity index is 57.2. The molecular formula is C4H12OSSi. The molecule has 0 fully saturated rings. The van der Waals surface area contributed by atoms with Gasteiger partial charge in [-0.05, 0) is 19.6 Å². The summed E-state index contributed by atoms with van der Waals surface area (Å²) >= 11 is 0. The van der Waals surface area contributed by atoms with Crippen molar-refractivity contribution in [3.05, 3.63) is 0 Å². The molecule has 0 N–H and O–H groups in total. The van der Waals surface area contributed by atoms with Gasteiger partial charge in [-0.25, -0.2) is 0 Å². The van der Waals surface area contributed by atoms with E-state index in [1.54, 1.807) is 6.26 Å². The van der Waals surface area contributed by atoms with Crippen LogP contribution in [-0.2, 0) is 10.6 Å². The van der Waals surface area contributed by atoms with Crippen LogP contribution in [0.4, 0.5) is 0 Å². The van der Waals surface area contributed by atoms with E-state index in [1.807, 2.05) is 0 Å². The first-order valence-corrected chi connectivity index (χ1v) is 8.06. The van der Waals surface area contributed by atoms with E-state index >= 15 is 0 Å². The molecule has 0 aromatic heterocycles. The van der Waals surface area contributed by atoms with Crippen LogP contribution in [-0.4, -0.2) is 18.0 Å². The van der Waals surface area contributed by atoms with Crippen LogP contribution in [0, 0.1) is 0 Å². The second kappa shape index (κ2) is 2.20. The summed E-state index contributed by atoms with van der Waals surface area (Å²) in [6.07, 6.45) is 1.78. The van der Waals surface area contributed by atoms with E-state index in [4.69, 9.17) is 0 Å². The summed E-state index contributed by atoms with van der Waals surface area (Å²) in [6.45, 7) is 6.30. The Hall–Kier alpha value is 0.527. The third-order valence-corrected chi connectivity index (χ3v) is 7.76. The second-order valence-corrected chi connectivity index (χ2v) is 13.1. The lowest BCUT2D eigenvalue weighted by molar-refractivity contribution is 0.611. The molecule has 0 saturated carbocycles. The molecule has 7 heavy (non-hydrogen) atoms. The molecule has 0 aromatic rings. The van der Waals surface area contributed by atoms with Gasteiger partial charge in [0.2, 0.25) is 0 Å². The van der Waals surface area contributed by atoms with Gasteiger partial charge < -0.3 is 4.55 Å². The van der Waals surface area contributed by atoms with Gasteiger partial charge in [0.1, 0.15) is 0 Å². The van der Waals surface area contributed by atoms with Crippen LogP contribution in [0.1, 0.15) is 0 Å². The van der Waals surface area contributed by atoms with Crippen LogP contribution in [0.3, 0.4) is 0 Å². The van der Waals surface area contributed by atoms with Crippen LogP contribution in [0.2, 0.25) is 19.6 Å². The molecule has 0 spiro atoms. The van der Waals surface area contributed by atoms with Crippen molar-refractivity contribution in [3.8, 4) is 0 Å². The fourth-order valence-electron chi connectivity index (χ4n) is 0. The van der Waals surface area contributed by atoms with Crippen molar-refractivity contribution in [1.29, 1.82) is 0 Å². The highest BCUT2D eigenvalue weighted by Crippen LogP contribution is 2.07. The molecule has 0 radical (unpaired) electrons. The van der Waals surface area contributed by atoms with Gasteiger partial charge >= 0.3 is 0 Å². The Labute approximate surface area is 49.0 Å². The van der Waals surface area contributed by atoms with Crippen LogP contribution < -0.4 is 0 Å². The molecule has 0 saturated heterocycles. The molecule has 1 nitrogen and oxygen atoms in total. The van der Waals surface area contributed by atoms with Crippen LogP contribution in [0.15, 0.2) is 0 Å². The summed E-state index contributed by atoms with van der Waals surface area (Å²) in [5.41, 5.74) is 0. The monoisotopic (exact) mass is 136 g/mol. The van der Waals surface area contributed by atoms with Crippen LogP contribution in [0.25, 0.3) is 0 Å². The van der Waals surface area contributed by atoms with Gasteiger partial charge in [-0.1, -0.05) is 0 Å². The SMILES string of the molecule is C[S+]([O-])[Si](C)(C)C. The number of hydrogen-bond acceptors (Lipinski definition) is 1. The van der Waals surface area contributed by atoms with Gasteiger partial charge in [-0.15, -0.1) is 10.6 Å². The zero-order valence-corrected chi connectivity index (χ0v) is 7.13. The van der Waals surface area contributed by atoms with Gasteiger partial charge in [-0.3, -0.25) is 0 Å². The Morgan fingerprint density at radius 2 is 1.43 bits per heavy atom. The minimum Gasteiger partial charge on any atom is -0.632 e. The molecule has 44 valence electrons. The van der Waals surface area contributed by atoms with E-state index in [-0.39, 0.29) is 0 Å². The van der Waals surface area contributed by atoms with Crippen LogP contribution in [0.5, 0.6) is 0 Å². The number of hydrogen-bond donors (Lipinski definition) is 0. The summed E-state index contributed by atoms with van der Waals surface area (Å²) in [7, 11) is -1.81. The first-order valence-electron chi connectivity index (χ1n) is 2.28. The Kier molecular flexibility index (Phi) is 2.36. The zero-order valence-electron chi connectivity index (χ0n) is 5.32. The molecular weight excluding hydrogens is 124 g/mol. The highest BCUT2D eigenvalue weighted by Gasteiger charge is 2.25. The second-order valence-electron chi connectivity index (χ2n) is 2.57. The van der Waals surface area contributed by atoms with Crippen molar-refractivity contribution in [2.24, 2.45) is 0 Å². The van der Waals surface area contributed by atoms with Gasteiger partial charge in [0, 0.05) is 0 Å². The maximum Gasteiger partial charge on any atom is 0.284 e. The molecule has 0 aromatic carbocycles. The number of rotatable bonds is 1. The minimum atomic E-state index is -1.26. The van der Waals surface area contributed by atoms with Crippen molar-refractivity contribution in [2.75, 3.05) is 6.26 Å². The standard InChI is InChI=1S/C4H12OSSi/c1-6(5)7(2,3)4/h1-4H3. The normalized spacial score (nSPS) is 16.7. The van der Waals surface area contributed by atoms with Crippen molar-refractivity contribution in [1.82, 2.24) is 0 Å². The average Bonchev–Trinajstić information content (AvgIpc) is 1.31. The fourth-order valence-corrected chi connectivity index (χ4v) is 0. The highest BCUT2D eigenvalue weighted by atomic mass is 32.4. The van der Waals surface area contributed by atoms with Gasteiger partial charge in [0.15, 0.2) is 0 Å². The molecule has 0 amide bonds. The minimum absolute atomic E-state index is 0.544. The first-order chi connectivity index (χ1) is 2.94. The van der Waals surface area contributed by atoms with E-state index in [2.05, 4.69) is 19.6 Å². The molecule has 0 aliphatic heterocycles. The lowest BCUT2D eigenvalue weighted by Crippen LogP contribution is -2.31. The summed E-state index contributed by atoms with van der Waals surface area (Å²) in [5.74, 6) is 0. The summed E-state index contributed by atoms with van der Waals surface area (Å²) in [5, 5.41) is 0. The van der Waals surface area contributed by atoms with E-state index in [1.165, 1.54) is 0 Å². The summed E-state index contributed by atoms with van der Waals surface area (Å²) < 4.78 is 10.6. The lowest BCUT2D eigenvalue weighted by atomic mass is 11.8. The van der Waals surface area contributed by atoms with E-state index in [0.29, 0.717) is 0 Å². The molecule has 0 rings (SSSR count). The average molecular weight is 136 g/mol. The Morgan fingerprint density at radius 3 is 1.43 bits per heavy atom. The van der Waals surface area contributed by atoms with Crippen molar-refractivity contribution >= 4 is 17.8 Å². The summed E-state index contributed by atoms with van der Waals surface area (Å²) in [4.78, 5) is 0.